The molecule has 6 nitrogen and oxygen atoms in total. The van der Waals surface area contributed by atoms with Crippen molar-refractivity contribution in [2.75, 3.05) is 31.1 Å². The molecule has 0 spiro atoms. The van der Waals surface area contributed by atoms with E-state index < -0.39 is 6.04 Å². The van der Waals surface area contributed by atoms with Crippen LogP contribution in [0, 0.1) is 5.92 Å². The quantitative estimate of drug-likeness (QED) is 0.879. The summed E-state index contributed by atoms with van der Waals surface area (Å²) in [7, 11) is 0. The fourth-order valence-corrected chi connectivity index (χ4v) is 2.51. The Morgan fingerprint density at radius 2 is 1.90 bits per heavy atom. The van der Waals surface area contributed by atoms with Gasteiger partial charge in [-0.15, -0.1) is 0 Å². The van der Waals surface area contributed by atoms with Gasteiger partial charge < -0.3 is 15.5 Å². The summed E-state index contributed by atoms with van der Waals surface area (Å²) in [5.41, 5.74) is 6.03. The van der Waals surface area contributed by atoms with E-state index in [2.05, 4.69) is 37.7 Å². The van der Waals surface area contributed by atoms with Crippen LogP contribution >= 0.6 is 15.9 Å². The van der Waals surface area contributed by atoms with Crippen LogP contribution in [0.3, 0.4) is 0 Å². The molecule has 0 saturated carbocycles. The average molecular weight is 356 g/mol. The smallest absolute Gasteiger partial charge is 0.239 e. The highest BCUT2D eigenvalue weighted by molar-refractivity contribution is 9.10. The van der Waals surface area contributed by atoms with Gasteiger partial charge in [-0.2, -0.15) is 0 Å². The summed E-state index contributed by atoms with van der Waals surface area (Å²) in [4.78, 5) is 24.8. The minimum atomic E-state index is -0.398. The fourth-order valence-electron chi connectivity index (χ4n) is 2.30. The van der Waals surface area contributed by atoms with Crippen molar-refractivity contribution in [2.45, 2.75) is 26.3 Å². The van der Waals surface area contributed by atoms with E-state index in [1.807, 2.05) is 11.8 Å². The van der Waals surface area contributed by atoms with Gasteiger partial charge in [-0.1, -0.05) is 20.3 Å². The molecule has 2 N–H and O–H groups in total. The Hall–Kier alpha value is -1.21. The van der Waals surface area contributed by atoms with Crippen molar-refractivity contribution < 1.29 is 4.79 Å². The van der Waals surface area contributed by atoms with Gasteiger partial charge in [-0.05, 0) is 21.8 Å². The number of halogens is 1. The maximum Gasteiger partial charge on any atom is 0.239 e. The Morgan fingerprint density at radius 1 is 1.33 bits per heavy atom. The van der Waals surface area contributed by atoms with Gasteiger partial charge in [-0.25, -0.2) is 9.97 Å². The van der Waals surface area contributed by atoms with E-state index in [9.17, 15) is 4.79 Å². The molecule has 0 aliphatic carbocycles. The van der Waals surface area contributed by atoms with Gasteiger partial charge in [0, 0.05) is 38.6 Å². The van der Waals surface area contributed by atoms with Crippen LogP contribution in [-0.2, 0) is 4.79 Å². The SMILES string of the molecule is CC[C@H](C)[C@H](N)C(=O)N1CCN(c2ncc(Br)cn2)CC1. The number of hydrogen-bond acceptors (Lipinski definition) is 5. The normalized spacial score (nSPS) is 18.5. The molecule has 116 valence electrons. The molecule has 0 unspecified atom stereocenters. The summed E-state index contributed by atoms with van der Waals surface area (Å²) >= 11 is 3.32. The minimum Gasteiger partial charge on any atom is -0.338 e. The highest BCUT2D eigenvalue weighted by Crippen LogP contribution is 2.15. The molecule has 1 amide bonds. The second kappa shape index (κ2) is 7.17. The van der Waals surface area contributed by atoms with Crippen LogP contribution in [0.4, 0.5) is 5.95 Å². The molecule has 1 aliphatic rings. The first kappa shape index (κ1) is 16.2. The van der Waals surface area contributed by atoms with Gasteiger partial charge in [0.15, 0.2) is 0 Å². The first-order valence-electron chi connectivity index (χ1n) is 7.29. The van der Waals surface area contributed by atoms with Crippen LogP contribution in [0.5, 0.6) is 0 Å². The molecular weight excluding hydrogens is 334 g/mol. The van der Waals surface area contributed by atoms with Gasteiger partial charge in [-0.3, -0.25) is 4.79 Å². The molecule has 0 bridgehead atoms. The molecule has 7 heteroatoms. The predicted molar refractivity (Wildman–Crippen MR) is 86.0 cm³/mol. The number of nitrogens with zero attached hydrogens (tertiary/aromatic N) is 4. The Labute approximate surface area is 133 Å². The number of amides is 1. The van der Waals surface area contributed by atoms with Crippen LogP contribution in [0.15, 0.2) is 16.9 Å². The number of carbonyl (C=O) groups excluding carboxylic acids is 1. The summed E-state index contributed by atoms with van der Waals surface area (Å²) in [6.45, 7) is 6.89. The van der Waals surface area contributed by atoms with Crippen LogP contribution in [0.25, 0.3) is 0 Å². The third-order valence-electron chi connectivity index (χ3n) is 4.02. The molecule has 21 heavy (non-hydrogen) atoms. The van der Waals surface area contributed by atoms with Crippen LogP contribution in [0.2, 0.25) is 0 Å². The van der Waals surface area contributed by atoms with Crippen LogP contribution < -0.4 is 10.6 Å². The van der Waals surface area contributed by atoms with Gasteiger partial charge in [0.05, 0.1) is 10.5 Å². The lowest BCUT2D eigenvalue weighted by atomic mass is 9.98. The molecule has 1 aromatic heterocycles. The van der Waals surface area contributed by atoms with Gasteiger partial charge in [0.1, 0.15) is 0 Å². The van der Waals surface area contributed by atoms with E-state index in [0.717, 1.165) is 24.0 Å². The molecule has 2 heterocycles. The number of anilines is 1. The lowest BCUT2D eigenvalue weighted by Gasteiger charge is -2.36. The zero-order valence-electron chi connectivity index (χ0n) is 12.5. The number of carbonyl (C=O) groups is 1. The number of piperazine rings is 1. The molecule has 1 aliphatic heterocycles. The van der Waals surface area contributed by atoms with E-state index in [1.54, 1.807) is 12.4 Å². The number of aromatic nitrogens is 2. The standard InChI is InChI=1S/C14H22BrN5O/c1-3-10(2)12(16)13(21)19-4-6-20(7-5-19)14-17-8-11(15)9-18-14/h8-10,12H,3-7,16H2,1-2H3/t10-,12-/m0/s1. The molecule has 1 saturated heterocycles. The van der Waals surface area contributed by atoms with Gasteiger partial charge in [0.25, 0.3) is 0 Å². The van der Waals surface area contributed by atoms with E-state index in [4.69, 9.17) is 5.73 Å². The third kappa shape index (κ3) is 3.91. The number of nitrogens with two attached hydrogens (primary N) is 1. The van der Waals surface area contributed by atoms with E-state index in [0.29, 0.717) is 19.0 Å². The maximum absolute atomic E-state index is 12.3. The zero-order chi connectivity index (χ0) is 15.4. The fraction of sp³-hybridized carbons (Fsp3) is 0.643. The highest BCUT2D eigenvalue weighted by Gasteiger charge is 2.28. The Balaban J connectivity index is 1.91. The molecular formula is C14H22BrN5O. The van der Waals surface area contributed by atoms with Crippen molar-refractivity contribution >= 4 is 27.8 Å². The average Bonchev–Trinajstić information content (AvgIpc) is 2.53. The highest BCUT2D eigenvalue weighted by atomic mass is 79.9. The second-order valence-electron chi connectivity index (χ2n) is 5.42. The van der Waals surface area contributed by atoms with Gasteiger partial charge in [0.2, 0.25) is 11.9 Å². The summed E-state index contributed by atoms with van der Waals surface area (Å²) in [5.74, 6) is 0.975. The Bertz CT molecular complexity index is 473. The van der Waals surface area contributed by atoms with Crippen molar-refractivity contribution in [3.63, 3.8) is 0 Å². The second-order valence-corrected chi connectivity index (χ2v) is 6.34. The topological polar surface area (TPSA) is 75.4 Å². The van der Waals surface area contributed by atoms with E-state index in [-0.39, 0.29) is 11.8 Å². The maximum atomic E-state index is 12.3. The molecule has 1 aromatic rings. The van der Waals surface area contributed by atoms with E-state index >= 15 is 0 Å². The lowest BCUT2D eigenvalue weighted by molar-refractivity contribution is -0.134. The first-order chi connectivity index (χ1) is 10.0. The zero-order valence-corrected chi connectivity index (χ0v) is 14.1. The molecule has 2 rings (SSSR count). The van der Waals surface area contributed by atoms with Crippen molar-refractivity contribution in [1.82, 2.24) is 14.9 Å². The molecule has 1 fully saturated rings. The summed E-state index contributed by atoms with van der Waals surface area (Å²) < 4.78 is 0.861. The largest absolute Gasteiger partial charge is 0.338 e. The molecule has 0 radical (unpaired) electrons. The Morgan fingerprint density at radius 3 is 2.43 bits per heavy atom. The first-order valence-corrected chi connectivity index (χ1v) is 8.09. The summed E-state index contributed by atoms with van der Waals surface area (Å²) in [5, 5.41) is 0. The van der Waals surface area contributed by atoms with Crippen molar-refractivity contribution in [3.8, 4) is 0 Å². The minimum absolute atomic E-state index is 0.0562. The van der Waals surface area contributed by atoms with Crippen LogP contribution in [0.1, 0.15) is 20.3 Å². The predicted octanol–water partition coefficient (Wildman–Crippen LogP) is 1.26. The van der Waals surface area contributed by atoms with Crippen LogP contribution in [-0.4, -0.2) is 53.0 Å². The summed E-state index contributed by atoms with van der Waals surface area (Å²) in [6, 6.07) is -0.398. The lowest BCUT2D eigenvalue weighted by Crippen LogP contribution is -2.54. The molecule has 2 atom stereocenters. The third-order valence-corrected chi connectivity index (χ3v) is 4.43. The number of rotatable bonds is 4. The Kier molecular flexibility index (Phi) is 5.52. The summed E-state index contributed by atoms with van der Waals surface area (Å²) in [6.07, 6.45) is 4.39. The monoisotopic (exact) mass is 355 g/mol. The molecule has 0 aromatic carbocycles. The van der Waals surface area contributed by atoms with Gasteiger partial charge >= 0.3 is 0 Å². The van der Waals surface area contributed by atoms with Crippen molar-refractivity contribution in [2.24, 2.45) is 11.7 Å². The van der Waals surface area contributed by atoms with Crippen molar-refractivity contribution in [3.05, 3.63) is 16.9 Å². The number of hydrogen-bond donors (Lipinski definition) is 1. The van der Waals surface area contributed by atoms with E-state index in [1.165, 1.54) is 0 Å². The van der Waals surface area contributed by atoms with Crippen molar-refractivity contribution in [1.29, 1.82) is 0 Å².